The van der Waals surface area contributed by atoms with Crippen molar-refractivity contribution in [3.63, 3.8) is 0 Å². The third kappa shape index (κ3) is 3.47. The first-order valence-electron chi connectivity index (χ1n) is 6.23. The molecule has 1 saturated heterocycles. The van der Waals surface area contributed by atoms with Crippen LogP contribution in [0.1, 0.15) is 18.4 Å². The molecule has 4 heteroatoms. The maximum Gasteiger partial charge on any atom is 0.309 e. The lowest BCUT2D eigenvalue weighted by Gasteiger charge is -2.31. The molecule has 2 rings (SSSR count). The highest BCUT2D eigenvalue weighted by molar-refractivity contribution is 6.30. The second-order valence-electron chi connectivity index (χ2n) is 4.73. The zero-order chi connectivity index (χ0) is 13.0. The average Bonchev–Trinajstić information content (AvgIpc) is 2.38. The minimum absolute atomic E-state index is 0.0166. The van der Waals surface area contributed by atoms with E-state index in [1.54, 1.807) is 0 Å². The van der Waals surface area contributed by atoms with E-state index in [2.05, 4.69) is 11.0 Å². The van der Waals surface area contributed by atoms with E-state index in [0.29, 0.717) is 0 Å². The quantitative estimate of drug-likeness (QED) is 0.789. The molecule has 0 aromatic heterocycles. The van der Waals surface area contributed by atoms with Gasteiger partial charge in [-0.05, 0) is 37.1 Å². The number of rotatable bonds is 3. The first kappa shape index (κ1) is 13.4. The highest BCUT2D eigenvalue weighted by Crippen LogP contribution is 2.20. The fraction of sp³-hybridized carbons (Fsp3) is 0.500. The number of carbonyl (C=O) groups is 1. The van der Waals surface area contributed by atoms with Crippen molar-refractivity contribution >= 4 is 17.6 Å². The highest BCUT2D eigenvalue weighted by Gasteiger charge is 2.26. The monoisotopic (exact) mass is 267 g/mol. The molecule has 1 aromatic rings. The number of hydrogen-bond donors (Lipinski definition) is 0. The van der Waals surface area contributed by atoms with Crippen LogP contribution in [0.25, 0.3) is 0 Å². The van der Waals surface area contributed by atoms with Crippen molar-refractivity contribution in [2.24, 2.45) is 5.92 Å². The van der Waals surface area contributed by atoms with Gasteiger partial charge in [0.1, 0.15) is 0 Å². The van der Waals surface area contributed by atoms with Crippen molar-refractivity contribution in [2.45, 2.75) is 19.4 Å². The fourth-order valence-corrected chi connectivity index (χ4v) is 2.66. The summed E-state index contributed by atoms with van der Waals surface area (Å²) in [6.45, 7) is 2.65. The molecular weight excluding hydrogens is 250 g/mol. The normalized spacial score (nSPS) is 20.7. The van der Waals surface area contributed by atoms with Gasteiger partial charge in [-0.2, -0.15) is 0 Å². The Morgan fingerprint density at radius 3 is 3.11 bits per heavy atom. The Balaban J connectivity index is 1.95. The van der Waals surface area contributed by atoms with Crippen molar-refractivity contribution in [3.05, 3.63) is 34.9 Å². The molecule has 1 fully saturated rings. The second-order valence-corrected chi connectivity index (χ2v) is 5.16. The smallest absolute Gasteiger partial charge is 0.309 e. The van der Waals surface area contributed by atoms with Crippen LogP contribution in [-0.2, 0) is 16.1 Å². The first-order valence-corrected chi connectivity index (χ1v) is 6.61. The van der Waals surface area contributed by atoms with Crippen LogP contribution in [0.2, 0.25) is 5.02 Å². The van der Waals surface area contributed by atoms with Gasteiger partial charge < -0.3 is 4.74 Å². The van der Waals surface area contributed by atoms with E-state index in [4.69, 9.17) is 16.3 Å². The number of carbonyl (C=O) groups excluding carboxylic acids is 1. The molecule has 1 atom stereocenters. The predicted molar refractivity (Wildman–Crippen MR) is 71.5 cm³/mol. The first-order chi connectivity index (χ1) is 8.69. The van der Waals surface area contributed by atoms with Gasteiger partial charge in [0.25, 0.3) is 0 Å². The van der Waals surface area contributed by atoms with Crippen molar-refractivity contribution in [2.75, 3.05) is 20.2 Å². The summed E-state index contributed by atoms with van der Waals surface area (Å²) in [6.07, 6.45) is 1.97. The summed E-state index contributed by atoms with van der Waals surface area (Å²) in [7, 11) is 1.46. The molecule has 18 heavy (non-hydrogen) atoms. The van der Waals surface area contributed by atoms with Crippen molar-refractivity contribution < 1.29 is 9.53 Å². The van der Waals surface area contributed by atoms with Gasteiger partial charge in [0.05, 0.1) is 13.0 Å². The number of ether oxygens (including phenoxy) is 1. The second kappa shape index (κ2) is 6.21. The third-order valence-corrected chi connectivity index (χ3v) is 3.57. The molecule has 1 aromatic carbocycles. The largest absolute Gasteiger partial charge is 0.469 e. The Morgan fingerprint density at radius 1 is 1.56 bits per heavy atom. The van der Waals surface area contributed by atoms with Gasteiger partial charge in [-0.15, -0.1) is 0 Å². The van der Waals surface area contributed by atoms with Gasteiger partial charge >= 0.3 is 5.97 Å². The van der Waals surface area contributed by atoms with Crippen molar-refractivity contribution in [1.29, 1.82) is 0 Å². The fourth-order valence-electron chi connectivity index (χ4n) is 2.45. The molecule has 0 radical (unpaired) electrons. The van der Waals surface area contributed by atoms with E-state index in [-0.39, 0.29) is 11.9 Å². The predicted octanol–water partition coefficient (Wildman–Crippen LogP) is 2.73. The Morgan fingerprint density at radius 2 is 2.39 bits per heavy atom. The Hall–Kier alpha value is -1.06. The van der Waals surface area contributed by atoms with Gasteiger partial charge in [-0.25, -0.2) is 0 Å². The third-order valence-electron chi connectivity index (χ3n) is 3.34. The zero-order valence-corrected chi connectivity index (χ0v) is 11.3. The average molecular weight is 268 g/mol. The Labute approximate surface area is 113 Å². The molecule has 98 valence electrons. The molecule has 1 heterocycles. The van der Waals surface area contributed by atoms with Crippen LogP contribution in [0, 0.1) is 5.92 Å². The van der Waals surface area contributed by atoms with Gasteiger partial charge in [0.2, 0.25) is 0 Å². The highest BCUT2D eigenvalue weighted by atomic mass is 35.5. The number of likely N-dealkylation sites (tertiary alicyclic amines) is 1. The maximum absolute atomic E-state index is 11.5. The van der Waals surface area contributed by atoms with Crippen molar-refractivity contribution in [1.82, 2.24) is 4.90 Å². The van der Waals surface area contributed by atoms with Crippen LogP contribution in [0.5, 0.6) is 0 Å². The number of halogens is 1. The zero-order valence-electron chi connectivity index (χ0n) is 10.6. The van der Waals surface area contributed by atoms with Crippen molar-refractivity contribution in [3.8, 4) is 0 Å². The molecule has 1 aliphatic heterocycles. The number of benzene rings is 1. The van der Waals surface area contributed by atoms with Crippen LogP contribution in [-0.4, -0.2) is 31.1 Å². The van der Waals surface area contributed by atoms with Gasteiger partial charge in [-0.3, -0.25) is 9.69 Å². The van der Waals surface area contributed by atoms with E-state index < -0.39 is 0 Å². The van der Waals surface area contributed by atoms with Crippen LogP contribution in [0.3, 0.4) is 0 Å². The van der Waals surface area contributed by atoms with E-state index >= 15 is 0 Å². The summed E-state index contributed by atoms with van der Waals surface area (Å²) in [5.74, 6) is -0.0753. The number of esters is 1. The summed E-state index contributed by atoms with van der Waals surface area (Å²) >= 11 is 5.97. The number of piperidine rings is 1. The molecule has 0 unspecified atom stereocenters. The summed E-state index contributed by atoms with van der Waals surface area (Å²) in [6, 6.07) is 7.87. The summed E-state index contributed by atoms with van der Waals surface area (Å²) in [4.78, 5) is 13.8. The van der Waals surface area contributed by atoms with E-state index in [0.717, 1.165) is 37.5 Å². The molecule has 0 aliphatic carbocycles. The standard InChI is InChI=1S/C14H18ClNO2/c1-18-14(17)12-5-3-7-16(10-12)9-11-4-2-6-13(15)8-11/h2,4,6,8,12H,3,5,7,9-10H2,1H3/t12-/m0/s1. The van der Waals surface area contributed by atoms with Crippen LogP contribution in [0.4, 0.5) is 0 Å². The lowest BCUT2D eigenvalue weighted by atomic mass is 9.98. The van der Waals surface area contributed by atoms with E-state index in [9.17, 15) is 4.79 Å². The molecule has 0 saturated carbocycles. The molecular formula is C14H18ClNO2. The van der Waals surface area contributed by atoms with E-state index in [1.807, 2.05) is 18.2 Å². The Bertz CT molecular complexity index is 422. The summed E-state index contributed by atoms with van der Waals surface area (Å²) in [5.41, 5.74) is 1.19. The minimum Gasteiger partial charge on any atom is -0.469 e. The summed E-state index contributed by atoms with van der Waals surface area (Å²) < 4.78 is 4.82. The van der Waals surface area contributed by atoms with Gasteiger partial charge in [0.15, 0.2) is 0 Å². The lowest BCUT2D eigenvalue weighted by molar-refractivity contribution is -0.147. The summed E-state index contributed by atoms with van der Waals surface area (Å²) in [5, 5.41) is 0.758. The molecule has 0 N–H and O–H groups in total. The molecule has 0 spiro atoms. The molecule has 0 amide bonds. The van der Waals surface area contributed by atoms with Crippen LogP contribution >= 0.6 is 11.6 Å². The lowest BCUT2D eigenvalue weighted by Crippen LogP contribution is -2.38. The molecule has 3 nitrogen and oxygen atoms in total. The topological polar surface area (TPSA) is 29.5 Å². The minimum atomic E-state index is -0.0919. The number of hydrogen-bond acceptors (Lipinski definition) is 3. The van der Waals surface area contributed by atoms with E-state index in [1.165, 1.54) is 12.7 Å². The maximum atomic E-state index is 11.5. The van der Waals surface area contributed by atoms with Gasteiger partial charge in [-0.1, -0.05) is 23.7 Å². The number of methoxy groups -OCH3 is 1. The Kier molecular flexibility index (Phi) is 4.61. The van der Waals surface area contributed by atoms with Crippen LogP contribution < -0.4 is 0 Å². The number of nitrogens with zero attached hydrogens (tertiary/aromatic N) is 1. The van der Waals surface area contributed by atoms with Gasteiger partial charge in [0, 0.05) is 18.1 Å². The SMILES string of the molecule is COC(=O)[C@H]1CCCN(Cc2cccc(Cl)c2)C1. The molecule has 1 aliphatic rings. The van der Waals surface area contributed by atoms with Crippen LogP contribution in [0.15, 0.2) is 24.3 Å². The molecule has 0 bridgehead atoms.